The van der Waals surface area contributed by atoms with E-state index in [1.54, 1.807) is 7.11 Å². The molecule has 0 atom stereocenters. The van der Waals surface area contributed by atoms with Crippen LogP contribution >= 0.6 is 15.9 Å². The minimum atomic E-state index is -0.681. The molecule has 0 unspecified atom stereocenters. The SMILES string of the molecule is COc1ccc(Br)c(CN2CCC(CC(=O)O)CC2)c1. The molecular weight excluding hydrogens is 322 g/mol. The maximum absolute atomic E-state index is 10.7. The number of hydrogen-bond donors (Lipinski definition) is 1. The Morgan fingerprint density at radius 3 is 2.75 bits per heavy atom. The van der Waals surface area contributed by atoms with E-state index >= 15 is 0 Å². The van der Waals surface area contributed by atoms with Crippen molar-refractivity contribution in [2.24, 2.45) is 5.92 Å². The average Bonchev–Trinajstić information content (AvgIpc) is 2.43. The second kappa shape index (κ2) is 7.09. The normalized spacial score (nSPS) is 17.1. The number of rotatable bonds is 5. The lowest BCUT2D eigenvalue weighted by atomic mass is 9.93. The van der Waals surface area contributed by atoms with Gasteiger partial charge >= 0.3 is 5.97 Å². The van der Waals surface area contributed by atoms with E-state index in [0.717, 1.165) is 42.7 Å². The first-order valence-corrected chi connectivity index (χ1v) is 7.64. The van der Waals surface area contributed by atoms with Crippen molar-refractivity contribution in [2.45, 2.75) is 25.8 Å². The van der Waals surface area contributed by atoms with E-state index in [1.165, 1.54) is 5.56 Å². The average molecular weight is 342 g/mol. The number of likely N-dealkylation sites (tertiary alicyclic amines) is 1. The third-order valence-corrected chi connectivity index (χ3v) is 4.59. The number of carbonyl (C=O) groups is 1. The first-order chi connectivity index (χ1) is 9.58. The summed E-state index contributed by atoms with van der Waals surface area (Å²) in [5, 5.41) is 8.83. The number of carboxylic acid groups (broad SMARTS) is 1. The maximum Gasteiger partial charge on any atom is 0.303 e. The van der Waals surface area contributed by atoms with Gasteiger partial charge in [-0.05, 0) is 55.6 Å². The van der Waals surface area contributed by atoms with Crippen LogP contribution in [-0.2, 0) is 11.3 Å². The van der Waals surface area contributed by atoms with E-state index in [4.69, 9.17) is 9.84 Å². The molecule has 1 aliphatic rings. The van der Waals surface area contributed by atoms with Gasteiger partial charge in [-0.3, -0.25) is 9.69 Å². The Morgan fingerprint density at radius 2 is 2.15 bits per heavy atom. The van der Waals surface area contributed by atoms with Crippen molar-refractivity contribution in [3.8, 4) is 5.75 Å². The van der Waals surface area contributed by atoms with Crippen molar-refractivity contribution in [3.05, 3.63) is 28.2 Å². The number of aliphatic carboxylic acids is 1. The Labute approximate surface area is 127 Å². The van der Waals surface area contributed by atoms with E-state index < -0.39 is 5.97 Å². The molecule has 1 aromatic carbocycles. The number of benzene rings is 1. The van der Waals surface area contributed by atoms with Gasteiger partial charge in [0.2, 0.25) is 0 Å². The molecule has 1 fully saturated rings. The highest BCUT2D eigenvalue weighted by Crippen LogP contribution is 2.26. The van der Waals surface area contributed by atoms with Gasteiger partial charge in [0, 0.05) is 17.4 Å². The molecule has 1 heterocycles. The highest BCUT2D eigenvalue weighted by molar-refractivity contribution is 9.10. The molecule has 0 bridgehead atoms. The minimum Gasteiger partial charge on any atom is -0.497 e. The van der Waals surface area contributed by atoms with E-state index in [1.807, 2.05) is 18.2 Å². The summed E-state index contributed by atoms with van der Waals surface area (Å²) in [5.41, 5.74) is 1.21. The molecule has 1 aliphatic heterocycles. The summed E-state index contributed by atoms with van der Waals surface area (Å²) in [5.74, 6) is 0.514. The van der Waals surface area contributed by atoms with Gasteiger partial charge in [0.05, 0.1) is 7.11 Å². The molecule has 1 N–H and O–H groups in total. The first kappa shape index (κ1) is 15.3. The molecule has 1 saturated heterocycles. The molecule has 0 spiro atoms. The van der Waals surface area contributed by atoms with Crippen LogP contribution < -0.4 is 4.74 Å². The first-order valence-electron chi connectivity index (χ1n) is 6.85. The van der Waals surface area contributed by atoms with Gasteiger partial charge in [0.25, 0.3) is 0 Å². The monoisotopic (exact) mass is 341 g/mol. The number of nitrogens with zero attached hydrogens (tertiary/aromatic N) is 1. The number of ether oxygens (including phenoxy) is 1. The van der Waals surface area contributed by atoms with Crippen molar-refractivity contribution < 1.29 is 14.6 Å². The van der Waals surface area contributed by atoms with Crippen LogP contribution in [0.15, 0.2) is 22.7 Å². The molecule has 4 nitrogen and oxygen atoms in total. The van der Waals surface area contributed by atoms with E-state index in [-0.39, 0.29) is 0 Å². The van der Waals surface area contributed by atoms with E-state index in [9.17, 15) is 4.79 Å². The summed E-state index contributed by atoms with van der Waals surface area (Å²) in [6.07, 6.45) is 2.23. The molecule has 1 aromatic rings. The zero-order chi connectivity index (χ0) is 14.5. The van der Waals surface area contributed by atoms with Crippen LogP contribution in [0.4, 0.5) is 0 Å². The van der Waals surface area contributed by atoms with Crippen LogP contribution in [0.3, 0.4) is 0 Å². The van der Waals surface area contributed by atoms with Crippen molar-refractivity contribution >= 4 is 21.9 Å². The van der Waals surface area contributed by atoms with Gasteiger partial charge in [0.1, 0.15) is 5.75 Å². The van der Waals surface area contributed by atoms with Crippen molar-refractivity contribution in [1.82, 2.24) is 4.90 Å². The Kier molecular flexibility index (Phi) is 5.43. The fraction of sp³-hybridized carbons (Fsp3) is 0.533. The van der Waals surface area contributed by atoms with Crippen LogP contribution in [0.2, 0.25) is 0 Å². The van der Waals surface area contributed by atoms with Gasteiger partial charge in [0.15, 0.2) is 0 Å². The zero-order valence-corrected chi connectivity index (χ0v) is 13.2. The van der Waals surface area contributed by atoms with Gasteiger partial charge in [-0.2, -0.15) is 0 Å². The summed E-state index contributed by atoms with van der Waals surface area (Å²) in [6, 6.07) is 5.99. The molecule has 110 valence electrons. The lowest BCUT2D eigenvalue weighted by Gasteiger charge is -2.31. The molecule has 0 saturated carbocycles. The van der Waals surface area contributed by atoms with E-state index in [0.29, 0.717) is 12.3 Å². The van der Waals surface area contributed by atoms with Crippen LogP contribution in [0.1, 0.15) is 24.8 Å². The third-order valence-electron chi connectivity index (χ3n) is 3.82. The molecule has 0 aliphatic carbocycles. The molecule has 20 heavy (non-hydrogen) atoms. The summed E-state index contributed by atoms with van der Waals surface area (Å²) in [4.78, 5) is 13.1. The summed E-state index contributed by atoms with van der Waals surface area (Å²) < 4.78 is 6.34. The van der Waals surface area contributed by atoms with Crippen molar-refractivity contribution in [3.63, 3.8) is 0 Å². The summed E-state index contributed by atoms with van der Waals surface area (Å²) in [6.45, 7) is 2.79. The lowest BCUT2D eigenvalue weighted by molar-refractivity contribution is -0.138. The van der Waals surface area contributed by atoms with Crippen LogP contribution in [0.25, 0.3) is 0 Å². The fourth-order valence-corrected chi connectivity index (χ4v) is 3.01. The molecule has 0 aromatic heterocycles. The van der Waals surface area contributed by atoms with Crippen molar-refractivity contribution in [2.75, 3.05) is 20.2 Å². The highest BCUT2D eigenvalue weighted by atomic mass is 79.9. The standard InChI is InChI=1S/C15H20BrNO3/c1-20-13-2-3-14(16)12(9-13)10-17-6-4-11(5-7-17)8-15(18)19/h2-3,9,11H,4-8,10H2,1H3,(H,18,19). The topological polar surface area (TPSA) is 49.8 Å². The summed E-state index contributed by atoms with van der Waals surface area (Å²) >= 11 is 3.57. The predicted octanol–water partition coefficient (Wildman–Crippen LogP) is 3.14. The Bertz CT molecular complexity index is 470. The Hall–Kier alpha value is -1.07. The Balaban J connectivity index is 1.90. The maximum atomic E-state index is 10.7. The van der Waals surface area contributed by atoms with Gasteiger partial charge in [-0.15, -0.1) is 0 Å². The summed E-state index contributed by atoms with van der Waals surface area (Å²) in [7, 11) is 1.67. The minimum absolute atomic E-state index is 0.302. The molecule has 0 radical (unpaired) electrons. The van der Waals surface area contributed by atoms with Gasteiger partial charge < -0.3 is 9.84 Å². The van der Waals surface area contributed by atoms with Gasteiger partial charge in [-0.25, -0.2) is 0 Å². The largest absolute Gasteiger partial charge is 0.497 e. The van der Waals surface area contributed by atoms with E-state index in [2.05, 4.69) is 20.8 Å². The van der Waals surface area contributed by atoms with Gasteiger partial charge in [-0.1, -0.05) is 15.9 Å². The van der Waals surface area contributed by atoms with Crippen LogP contribution in [0.5, 0.6) is 5.75 Å². The van der Waals surface area contributed by atoms with Crippen LogP contribution in [0, 0.1) is 5.92 Å². The number of methoxy groups -OCH3 is 1. The number of carboxylic acids is 1. The predicted molar refractivity (Wildman–Crippen MR) is 80.9 cm³/mol. The van der Waals surface area contributed by atoms with Crippen LogP contribution in [-0.4, -0.2) is 36.2 Å². The second-order valence-electron chi connectivity index (χ2n) is 5.27. The fourth-order valence-electron chi connectivity index (χ4n) is 2.64. The lowest BCUT2D eigenvalue weighted by Crippen LogP contribution is -2.34. The zero-order valence-electron chi connectivity index (χ0n) is 11.6. The molecular formula is C15H20BrNO3. The molecule has 2 rings (SSSR count). The van der Waals surface area contributed by atoms with Crippen molar-refractivity contribution in [1.29, 1.82) is 0 Å². The quantitative estimate of drug-likeness (QED) is 0.893. The molecule has 0 amide bonds. The number of halogens is 1. The highest BCUT2D eigenvalue weighted by Gasteiger charge is 2.21. The molecule has 5 heteroatoms. The second-order valence-corrected chi connectivity index (χ2v) is 6.13. The Morgan fingerprint density at radius 1 is 1.45 bits per heavy atom. The number of piperidine rings is 1. The third kappa shape index (κ3) is 4.21. The smallest absolute Gasteiger partial charge is 0.303 e. The number of hydrogen-bond acceptors (Lipinski definition) is 3.